The highest BCUT2D eigenvalue weighted by Gasteiger charge is 2.50. The van der Waals surface area contributed by atoms with E-state index in [1.165, 1.54) is 60.6 Å². The van der Waals surface area contributed by atoms with Gasteiger partial charge in [-0.1, -0.05) is 43.0 Å². The van der Waals surface area contributed by atoms with Gasteiger partial charge < -0.3 is 20.5 Å². The van der Waals surface area contributed by atoms with Gasteiger partial charge in [-0.3, -0.25) is 4.79 Å². The number of sulfonamides is 1. The first-order valence-electron chi connectivity index (χ1n) is 13.7. The van der Waals surface area contributed by atoms with Crippen LogP contribution in [0.4, 0.5) is 22.0 Å². The van der Waals surface area contributed by atoms with Crippen LogP contribution in [0.25, 0.3) is 0 Å². The minimum absolute atomic E-state index is 0.0702. The Labute approximate surface area is 256 Å². The van der Waals surface area contributed by atoms with E-state index in [0.717, 1.165) is 25.0 Å². The van der Waals surface area contributed by atoms with E-state index >= 15 is 8.78 Å². The third-order valence-corrected chi connectivity index (χ3v) is 8.93. The number of alkyl halides is 5. The van der Waals surface area contributed by atoms with Crippen LogP contribution < -0.4 is 15.2 Å². The smallest absolute Gasteiger partial charge is 0.490 e. The van der Waals surface area contributed by atoms with Gasteiger partial charge in [-0.25, -0.2) is 13.2 Å². The lowest BCUT2D eigenvalue weighted by atomic mass is 9.90. The summed E-state index contributed by atoms with van der Waals surface area (Å²) in [5.41, 5.74) is 5.32. The number of rotatable bonds is 9. The number of likely N-dealkylation sites (tertiary alicyclic amines) is 1. The van der Waals surface area contributed by atoms with E-state index in [4.69, 9.17) is 32.0 Å². The molecule has 1 saturated carbocycles. The van der Waals surface area contributed by atoms with Gasteiger partial charge in [-0.2, -0.15) is 26.7 Å². The van der Waals surface area contributed by atoms with Crippen LogP contribution in [0.3, 0.4) is 0 Å². The zero-order valence-corrected chi connectivity index (χ0v) is 25.0. The summed E-state index contributed by atoms with van der Waals surface area (Å²) in [5, 5.41) is 7.36. The summed E-state index contributed by atoms with van der Waals surface area (Å²) in [4.78, 5) is 23.0. The van der Waals surface area contributed by atoms with E-state index in [1.54, 1.807) is 0 Å². The monoisotopic (exact) mass is 669 g/mol. The van der Waals surface area contributed by atoms with Crippen molar-refractivity contribution in [3.8, 4) is 5.75 Å². The van der Waals surface area contributed by atoms with Gasteiger partial charge in [0.05, 0.1) is 11.5 Å². The van der Waals surface area contributed by atoms with Gasteiger partial charge in [0, 0.05) is 29.7 Å². The Hall–Kier alpha value is -3.01. The highest BCUT2D eigenvalue weighted by Crippen LogP contribution is 2.35. The molecule has 9 nitrogen and oxygen atoms in total. The molecule has 1 aliphatic carbocycles. The molecule has 16 heteroatoms. The summed E-state index contributed by atoms with van der Waals surface area (Å²) in [7, 11) is -4.49. The minimum Gasteiger partial charge on any atom is -0.493 e. The van der Waals surface area contributed by atoms with Crippen molar-refractivity contribution >= 4 is 33.5 Å². The normalized spacial score (nSPS) is 18.7. The number of ether oxygens (including phenoxy) is 1. The Bertz CT molecular complexity index is 1370. The maximum absolute atomic E-state index is 15.7. The van der Waals surface area contributed by atoms with Crippen molar-refractivity contribution < 1.29 is 49.8 Å². The molecule has 2 aromatic carbocycles. The molecule has 0 aromatic heterocycles. The fourth-order valence-electron chi connectivity index (χ4n) is 4.79. The van der Waals surface area contributed by atoms with Crippen molar-refractivity contribution in [1.29, 1.82) is 0 Å². The lowest BCUT2D eigenvalue weighted by Gasteiger charge is -2.30. The molecule has 2 fully saturated rings. The lowest BCUT2D eigenvalue weighted by Crippen LogP contribution is -2.56. The fraction of sp³-hybridized carbons (Fsp3) is 0.500. The molecule has 2 aromatic rings. The van der Waals surface area contributed by atoms with E-state index in [0.29, 0.717) is 24.7 Å². The van der Waals surface area contributed by atoms with Crippen LogP contribution in [0.1, 0.15) is 44.1 Å². The van der Waals surface area contributed by atoms with Gasteiger partial charge in [-0.05, 0) is 61.6 Å². The van der Waals surface area contributed by atoms with Gasteiger partial charge in [0.1, 0.15) is 5.75 Å². The molecule has 1 aliphatic heterocycles. The third-order valence-electron chi connectivity index (χ3n) is 7.23. The molecule has 2 atom stereocenters. The van der Waals surface area contributed by atoms with Gasteiger partial charge >= 0.3 is 12.1 Å². The Morgan fingerprint density at radius 1 is 1.00 bits per heavy atom. The van der Waals surface area contributed by atoms with Crippen molar-refractivity contribution in [1.82, 2.24) is 9.62 Å². The number of benzene rings is 2. The number of hydrogen-bond acceptors (Lipinski definition) is 6. The molecule has 2 aliphatic rings. The molecule has 0 bridgehead atoms. The Morgan fingerprint density at radius 2 is 1.57 bits per heavy atom. The average Bonchev–Trinajstić information content (AvgIpc) is 3.41. The number of aliphatic carboxylic acids is 1. The van der Waals surface area contributed by atoms with Crippen LogP contribution in [0.2, 0.25) is 5.02 Å². The van der Waals surface area contributed by atoms with E-state index < -0.39 is 45.6 Å². The number of hydrogen-bond donors (Lipinski definition) is 3. The van der Waals surface area contributed by atoms with E-state index in [-0.39, 0.29) is 29.0 Å². The number of nitrogens with two attached hydrogens (primary N) is 1. The summed E-state index contributed by atoms with van der Waals surface area (Å²) in [5.74, 6) is -6.68. The second-order valence-corrected chi connectivity index (χ2v) is 12.8. The van der Waals surface area contributed by atoms with Crippen molar-refractivity contribution in [3.63, 3.8) is 0 Å². The lowest BCUT2D eigenvalue weighted by molar-refractivity contribution is -0.192. The second kappa shape index (κ2) is 14.8. The highest BCUT2D eigenvalue weighted by molar-refractivity contribution is 7.89. The molecular formula is C28H33ClF5N3O6S. The number of halogens is 6. The first-order chi connectivity index (χ1) is 20.5. The fourth-order valence-corrected chi connectivity index (χ4v) is 6.11. The quantitative estimate of drug-likeness (QED) is 0.322. The topological polar surface area (TPSA) is 139 Å². The number of carbonyl (C=O) groups is 2. The first kappa shape index (κ1) is 35.5. The van der Waals surface area contributed by atoms with Crippen molar-refractivity contribution in [3.05, 3.63) is 59.1 Å². The number of nitrogens with zero attached hydrogens (tertiary/aromatic N) is 1. The summed E-state index contributed by atoms with van der Waals surface area (Å²) >= 11 is 5.83. The SMILES string of the molecule is N[C@H]1CCN(C(=O)[C@@H](NS(=O)(=O)c2ccc(OCC3CCCCC3)cc2)C(F)(F)c2ccc(Cl)cc2)C1.O=C(O)C(F)(F)F. The number of carboxylic acid groups (broad SMARTS) is 1. The summed E-state index contributed by atoms with van der Waals surface area (Å²) in [6.45, 7) is 0.787. The largest absolute Gasteiger partial charge is 0.493 e. The molecule has 0 radical (unpaired) electrons. The maximum Gasteiger partial charge on any atom is 0.490 e. The Balaban J connectivity index is 0.000000676. The minimum atomic E-state index is -5.08. The number of amides is 1. The number of nitrogens with one attached hydrogen (secondary N) is 1. The van der Waals surface area contributed by atoms with Crippen LogP contribution in [0.5, 0.6) is 5.75 Å². The zero-order chi connectivity index (χ0) is 32.7. The van der Waals surface area contributed by atoms with E-state index in [2.05, 4.69) is 0 Å². The highest BCUT2D eigenvalue weighted by atomic mass is 35.5. The van der Waals surface area contributed by atoms with Crippen molar-refractivity contribution in [2.45, 2.75) is 67.6 Å². The van der Waals surface area contributed by atoms with Crippen molar-refractivity contribution in [2.24, 2.45) is 11.7 Å². The Kier molecular flexibility index (Phi) is 12.0. The molecule has 44 heavy (non-hydrogen) atoms. The zero-order valence-electron chi connectivity index (χ0n) is 23.4. The van der Waals surface area contributed by atoms with Gasteiger partial charge in [0.25, 0.3) is 5.92 Å². The summed E-state index contributed by atoms with van der Waals surface area (Å²) < 4.78 is 97.2. The van der Waals surface area contributed by atoms with Gasteiger partial charge in [0.15, 0.2) is 6.04 Å². The number of carboxylic acids is 1. The molecule has 1 amide bonds. The summed E-state index contributed by atoms with van der Waals surface area (Å²) in [6, 6.07) is 7.50. The Morgan fingerprint density at radius 3 is 2.07 bits per heavy atom. The van der Waals surface area contributed by atoms with Gasteiger partial charge in [0.2, 0.25) is 15.9 Å². The second-order valence-electron chi connectivity index (χ2n) is 10.6. The van der Waals surface area contributed by atoms with E-state index in [1.807, 2.05) is 4.72 Å². The van der Waals surface area contributed by atoms with Crippen molar-refractivity contribution in [2.75, 3.05) is 19.7 Å². The molecular weight excluding hydrogens is 637 g/mol. The molecule has 4 rings (SSSR count). The molecule has 244 valence electrons. The molecule has 1 heterocycles. The number of carbonyl (C=O) groups excluding carboxylic acids is 1. The third kappa shape index (κ3) is 9.74. The maximum atomic E-state index is 15.7. The summed E-state index contributed by atoms with van der Waals surface area (Å²) in [6.07, 6.45) is 1.17. The van der Waals surface area contributed by atoms with Gasteiger partial charge in [-0.15, -0.1) is 0 Å². The average molecular weight is 670 g/mol. The molecule has 0 spiro atoms. The van der Waals surface area contributed by atoms with E-state index in [9.17, 15) is 26.4 Å². The first-order valence-corrected chi connectivity index (χ1v) is 15.6. The standard InChI is InChI=1S/C26H32ClF2N3O4S.C2HF3O2/c27-20-8-6-19(7-9-20)26(28,29)24(25(33)32-15-14-21(30)16-32)31-37(34,35)23-12-10-22(11-13-23)36-17-18-4-2-1-3-5-18;3-2(4,5)1(6)7/h6-13,18,21,24,31H,1-5,14-17,30H2;(H,6,7)/t21-,24+;/m0./s1. The van der Waals surface area contributed by atoms with Crippen LogP contribution >= 0.6 is 11.6 Å². The van der Waals surface area contributed by atoms with Crippen LogP contribution in [0, 0.1) is 5.92 Å². The predicted octanol–water partition coefficient (Wildman–Crippen LogP) is 4.93. The van der Waals surface area contributed by atoms with Crippen LogP contribution in [-0.4, -0.2) is 68.3 Å². The van der Waals surface area contributed by atoms with Crippen LogP contribution in [0.15, 0.2) is 53.4 Å². The predicted molar refractivity (Wildman–Crippen MR) is 151 cm³/mol. The molecule has 1 saturated heterocycles. The molecule has 0 unspecified atom stereocenters. The molecule has 4 N–H and O–H groups in total. The van der Waals surface area contributed by atoms with Crippen LogP contribution in [-0.2, 0) is 25.5 Å².